The van der Waals surface area contributed by atoms with Gasteiger partial charge >= 0.3 is 5.97 Å². The monoisotopic (exact) mass is 374 g/mol. The molecule has 1 heterocycles. The summed E-state index contributed by atoms with van der Waals surface area (Å²) in [6, 6.07) is 7.83. The number of carbonyl (C=O) groups is 2. The van der Waals surface area contributed by atoms with Gasteiger partial charge in [0.2, 0.25) is 5.76 Å². The number of carbonyl (C=O) groups excluding carboxylic acids is 2. The third-order valence-corrected chi connectivity index (χ3v) is 3.80. The summed E-state index contributed by atoms with van der Waals surface area (Å²) in [7, 11) is 2.66. The van der Waals surface area contributed by atoms with Gasteiger partial charge in [0.25, 0.3) is 5.91 Å². The second kappa shape index (κ2) is 8.23. The molecule has 0 bridgehead atoms. The average Bonchev–Trinajstić information content (AvgIpc) is 3.10. The molecular formula is C18H15ClN2O5. The van der Waals surface area contributed by atoms with E-state index in [0.717, 1.165) is 5.56 Å². The summed E-state index contributed by atoms with van der Waals surface area (Å²) in [6.07, 6.45) is 1.22. The van der Waals surface area contributed by atoms with Gasteiger partial charge in [0.1, 0.15) is 23.2 Å². The van der Waals surface area contributed by atoms with Gasteiger partial charge in [-0.05, 0) is 30.7 Å². The van der Waals surface area contributed by atoms with Crippen molar-refractivity contribution < 1.29 is 23.5 Å². The van der Waals surface area contributed by atoms with Crippen molar-refractivity contribution >= 4 is 35.2 Å². The fraction of sp³-hybridized carbons (Fsp3) is 0.167. The van der Waals surface area contributed by atoms with Crippen LogP contribution >= 0.6 is 11.6 Å². The van der Waals surface area contributed by atoms with Gasteiger partial charge in [-0.3, -0.25) is 4.79 Å². The molecule has 0 spiro atoms. The number of rotatable bonds is 5. The van der Waals surface area contributed by atoms with Crippen molar-refractivity contribution in [2.75, 3.05) is 19.5 Å². The van der Waals surface area contributed by atoms with Gasteiger partial charge in [-0.25, -0.2) is 4.79 Å². The zero-order valence-corrected chi connectivity index (χ0v) is 15.0. The van der Waals surface area contributed by atoms with E-state index >= 15 is 0 Å². The predicted octanol–water partition coefficient (Wildman–Crippen LogP) is 3.58. The van der Waals surface area contributed by atoms with Gasteiger partial charge in [0.15, 0.2) is 0 Å². The molecule has 0 saturated heterocycles. The molecule has 1 N–H and O–H groups in total. The van der Waals surface area contributed by atoms with Crippen LogP contribution in [0.1, 0.15) is 21.9 Å². The molecule has 7 nitrogen and oxygen atoms in total. The van der Waals surface area contributed by atoms with Crippen molar-refractivity contribution in [2.45, 2.75) is 6.92 Å². The number of esters is 1. The number of hydrogen-bond donors (Lipinski definition) is 1. The van der Waals surface area contributed by atoms with Crippen molar-refractivity contribution in [2.24, 2.45) is 0 Å². The van der Waals surface area contributed by atoms with Crippen LogP contribution in [0.3, 0.4) is 0 Å². The molecule has 2 aromatic rings. The minimum Gasteiger partial charge on any atom is -0.495 e. The first-order valence-corrected chi connectivity index (χ1v) is 7.72. The third kappa shape index (κ3) is 4.23. The van der Waals surface area contributed by atoms with E-state index in [4.69, 9.17) is 20.8 Å². The van der Waals surface area contributed by atoms with Crippen molar-refractivity contribution in [3.05, 3.63) is 51.9 Å². The topological polar surface area (TPSA) is 102 Å². The lowest BCUT2D eigenvalue weighted by atomic mass is 10.1. The Kier molecular flexibility index (Phi) is 6.04. The first-order chi connectivity index (χ1) is 12.4. The average molecular weight is 375 g/mol. The van der Waals surface area contributed by atoms with Crippen molar-refractivity contribution in [1.82, 2.24) is 0 Å². The Morgan fingerprint density at radius 3 is 2.65 bits per heavy atom. The number of amides is 1. The Balaban J connectivity index is 2.27. The Labute approximate surface area is 154 Å². The zero-order valence-electron chi connectivity index (χ0n) is 14.3. The predicted molar refractivity (Wildman–Crippen MR) is 95.0 cm³/mol. The molecule has 26 heavy (non-hydrogen) atoms. The highest BCUT2D eigenvalue weighted by atomic mass is 35.5. The number of nitrogens with zero attached hydrogens (tertiary/aromatic N) is 1. The van der Waals surface area contributed by atoms with E-state index < -0.39 is 11.9 Å². The van der Waals surface area contributed by atoms with Crippen LogP contribution in [0.15, 0.2) is 34.3 Å². The molecule has 0 fully saturated rings. The standard InChI is InChI=1S/C18H15ClN2O5/c1-10-6-14(16(24-2)8-13(10)19)21-17(22)11(9-20)7-12-4-5-15(26-12)18(23)25-3/h4-8H,1-3H3,(H,21,22). The van der Waals surface area contributed by atoms with Gasteiger partial charge in [-0.1, -0.05) is 11.6 Å². The Morgan fingerprint density at radius 1 is 1.31 bits per heavy atom. The molecule has 0 aliphatic carbocycles. The number of furan rings is 1. The van der Waals surface area contributed by atoms with Crippen LogP contribution in [0, 0.1) is 18.3 Å². The maximum atomic E-state index is 12.4. The lowest BCUT2D eigenvalue weighted by Gasteiger charge is -2.11. The van der Waals surface area contributed by atoms with E-state index in [0.29, 0.717) is 16.5 Å². The van der Waals surface area contributed by atoms with Gasteiger partial charge in [-0.15, -0.1) is 0 Å². The van der Waals surface area contributed by atoms with Gasteiger partial charge in [0.05, 0.1) is 19.9 Å². The van der Waals surface area contributed by atoms with E-state index in [1.54, 1.807) is 25.1 Å². The Morgan fingerprint density at radius 2 is 2.04 bits per heavy atom. The van der Waals surface area contributed by atoms with Gasteiger partial charge in [-0.2, -0.15) is 5.26 Å². The number of nitrogens with one attached hydrogen (secondary N) is 1. The summed E-state index contributed by atoms with van der Waals surface area (Å²) in [6.45, 7) is 1.77. The number of halogens is 1. The number of ether oxygens (including phenoxy) is 2. The van der Waals surface area contributed by atoms with Crippen molar-refractivity contribution in [1.29, 1.82) is 5.26 Å². The Bertz CT molecular complexity index is 924. The lowest BCUT2D eigenvalue weighted by Crippen LogP contribution is -2.14. The maximum Gasteiger partial charge on any atom is 0.373 e. The molecular weight excluding hydrogens is 360 g/mol. The SMILES string of the molecule is COC(=O)c1ccc(C=C(C#N)C(=O)Nc2cc(C)c(Cl)cc2OC)o1. The van der Waals surface area contributed by atoms with Crippen LogP contribution in [0.5, 0.6) is 5.75 Å². The highest BCUT2D eigenvalue weighted by Crippen LogP contribution is 2.31. The van der Waals surface area contributed by atoms with E-state index in [1.807, 2.05) is 0 Å². The van der Waals surface area contributed by atoms with Gasteiger partial charge in [0, 0.05) is 17.2 Å². The summed E-state index contributed by atoms with van der Waals surface area (Å²) in [4.78, 5) is 23.8. The summed E-state index contributed by atoms with van der Waals surface area (Å²) in [5.74, 6) is -0.836. The lowest BCUT2D eigenvalue weighted by molar-refractivity contribution is -0.112. The molecule has 134 valence electrons. The highest BCUT2D eigenvalue weighted by Gasteiger charge is 2.16. The fourth-order valence-corrected chi connectivity index (χ4v) is 2.20. The number of nitriles is 1. The minimum atomic E-state index is -0.663. The van der Waals surface area contributed by atoms with Crippen LogP contribution in [-0.4, -0.2) is 26.1 Å². The number of benzene rings is 1. The number of hydrogen-bond acceptors (Lipinski definition) is 6. The van der Waals surface area contributed by atoms with E-state index in [1.165, 1.54) is 32.4 Å². The van der Waals surface area contributed by atoms with E-state index in [-0.39, 0.29) is 17.1 Å². The highest BCUT2D eigenvalue weighted by molar-refractivity contribution is 6.31. The van der Waals surface area contributed by atoms with Gasteiger partial charge < -0.3 is 19.2 Å². The maximum absolute atomic E-state index is 12.4. The normalized spacial score (nSPS) is 10.8. The van der Waals surface area contributed by atoms with Crippen LogP contribution in [-0.2, 0) is 9.53 Å². The molecule has 1 aromatic carbocycles. The summed E-state index contributed by atoms with van der Waals surface area (Å²) in [5.41, 5.74) is 0.889. The molecule has 8 heteroatoms. The molecule has 0 unspecified atom stereocenters. The number of anilines is 1. The van der Waals surface area contributed by atoms with Crippen molar-refractivity contribution in [3.63, 3.8) is 0 Å². The van der Waals surface area contributed by atoms with Crippen LogP contribution in [0.2, 0.25) is 5.02 Å². The largest absolute Gasteiger partial charge is 0.495 e. The molecule has 2 rings (SSSR count). The minimum absolute atomic E-state index is 0.0357. The van der Waals surface area contributed by atoms with Crippen LogP contribution in [0.4, 0.5) is 5.69 Å². The first kappa shape index (κ1) is 19.1. The number of aryl methyl sites for hydroxylation is 1. The van der Waals surface area contributed by atoms with Crippen molar-refractivity contribution in [3.8, 4) is 11.8 Å². The molecule has 0 atom stereocenters. The number of methoxy groups -OCH3 is 2. The summed E-state index contributed by atoms with van der Waals surface area (Å²) < 4.78 is 14.9. The van der Waals surface area contributed by atoms with Crippen LogP contribution in [0.25, 0.3) is 6.08 Å². The second-order valence-electron chi connectivity index (χ2n) is 5.12. The molecule has 0 radical (unpaired) electrons. The molecule has 0 aliphatic rings. The fourth-order valence-electron chi connectivity index (χ4n) is 2.05. The van der Waals surface area contributed by atoms with E-state index in [9.17, 15) is 14.9 Å². The second-order valence-corrected chi connectivity index (χ2v) is 5.53. The molecule has 1 amide bonds. The van der Waals surface area contributed by atoms with E-state index in [2.05, 4.69) is 10.1 Å². The third-order valence-electron chi connectivity index (χ3n) is 3.39. The quantitative estimate of drug-likeness (QED) is 0.487. The first-order valence-electron chi connectivity index (χ1n) is 7.35. The zero-order chi connectivity index (χ0) is 19.3. The molecule has 0 aliphatic heterocycles. The summed E-state index contributed by atoms with van der Waals surface area (Å²) in [5, 5.41) is 12.3. The summed E-state index contributed by atoms with van der Waals surface area (Å²) >= 11 is 6.03. The molecule has 0 saturated carbocycles. The van der Waals surface area contributed by atoms with Crippen LogP contribution < -0.4 is 10.1 Å². The smallest absolute Gasteiger partial charge is 0.373 e. The molecule has 1 aromatic heterocycles. The Hall–Kier alpha value is -3.24.